The van der Waals surface area contributed by atoms with E-state index in [9.17, 15) is 0 Å². The summed E-state index contributed by atoms with van der Waals surface area (Å²) in [6.45, 7) is 12.3. The van der Waals surface area contributed by atoms with E-state index in [1.165, 1.54) is 19.3 Å². The zero-order chi connectivity index (χ0) is 11.3. The number of hydrogen-bond donors (Lipinski definition) is 1. The average molecular weight is 213 g/mol. The molecular formula is C13H27NO. The highest BCUT2D eigenvalue weighted by molar-refractivity contribution is 4.90. The lowest BCUT2D eigenvalue weighted by Gasteiger charge is -2.38. The highest BCUT2D eigenvalue weighted by Crippen LogP contribution is 2.33. The number of rotatable bonds is 6. The zero-order valence-electron chi connectivity index (χ0n) is 10.8. The van der Waals surface area contributed by atoms with Crippen LogP contribution in [-0.4, -0.2) is 25.8 Å². The van der Waals surface area contributed by atoms with Crippen LogP contribution in [-0.2, 0) is 4.74 Å². The van der Waals surface area contributed by atoms with Crippen LogP contribution < -0.4 is 5.32 Å². The molecule has 2 atom stereocenters. The van der Waals surface area contributed by atoms with Crippen LogP contribution >= 0.6 is 0 Å². The molecule has 1 aliphatic heterocycles. The van der Waals surface area contributed by atoms with Crippen LogP contribution in [0.2, 0.25) is 0 Å². The third-order valence-electron chi connectivity index (χ3n) is 3.80. The van der Waals surface area contributed by atoms with Crippen molar-refractivity contribution in [1.29, 1.82) is 0 Å². The van der Waals surface area contributed by atoms with Gasteiger partial charge in [0.15, 0.2) is 0 Å². The maximum atomic E-state index is 5.52. The molecule has 2 unspecified atom stereocenters. The molecule has 1 saturated heterocycles. The minimum atomic E-state index is 0.382. The molecule has 1 N–H and O–H groups in total. The predicted octanol–water partition coefficient (Wildman–Crippen LogP) is 2.83. The SMILES string of the molecule is CCCNC(C1CCOC1)C(C)(C)CC. The Bertz CT molecular complexity index is 173. The van der Waals surface area contributed by atoms with Gasteiger partial charge in [-0.2, -0.15) is 0 Å². The second-order valence-corrected chi connectivity index (χ2v) is 5.40. The molecule has 1 rings (SSSR count). The van der Waals surface area contributed by atoms with Gasteiger partial charge in [0.05, 0.1) is 6.61 Å². The molecule has 0 spiro atoms. The molecular weight excluding hydrogens is 186 g/mol. The van der Waals surface area contributed by atoms with E-state index in [1.807, 2.05) is 0 Å². The Balaban J connectivity index is 2.58. The van der Waals surface area contributed by atoms with Gasteiger partial charge in [-0.05, 0) is 31.2 Å². The van der Waals surface area contributed by atoms with E-state index < -0.39 is 0 Å². The first-order valence-corrected chi connectivity index (χ1v) is 6.43. The predicted molar refractivity (Wildman–Crippen MR) is 65.1 cm³/mol. The Morgan fingerprint density at radius 2 is 2.13 bits per heavy atom. The van der Waals surface area contributed by atoms with Crippen molar-refractivity contribution in [3.05, 3.63) is 0 Å². The van der Waals surface area contributed by atoms with Crippen molar-refractivity contribution in [3.8, 4) is 0 Å². The summed E-state index contributed by atoms with van der Waals surface area (Å²) in [6.07, 6.45) is 3.67. The molecule has 0 aromatic rings. The van der Waals surface area contributed by atoms with E-state index in [4.69, 9.17) is 4.74 Å². The van der Waals surface area contributed by atoms with E-state index in [0.29, 0.717) is 17.4 Å². The van der Waals surface area contributed by atoms with E-state index in [-0.39, 0.29) is 0 Å². The molecule has 2 heteroatoms. The first-order chi connectivity index (χ1) is 7.11. The van der Waals surface area contributed by atoms with E-state index in [0.717, 1.165) is 19.8 Å². The van der Waals surface area contributed by atoms with E-state index >= 15 is 0 Å². The van der Waals surface area contributed by atoms with E-state index in [1.54, 1.807) is 0 Å². The minimum Gasteiger partial charge on any atom is -0.381 e. The van der Waals surface area contributed by atoms with Crippen LogP contribution in [0.15, 0.2) is 0 Å². The van der Waals surface area contributed by atoms with Crippen LogP contribution in [0.4, 0.5) is 0 Å². The summed E-state index contributed by atoms with van der Waals surface area (Å²) in [5.41, 5.74) is 0.382. The third-order valence-corrected chi connectivity index (χ3v) is 3.80. The Labute approximate surface area is 94.8 Å². The summed E-state index contributed by atoms with van der Waals surface area (Å²) in [5.74, 6) is 0.714. The fourth-order valence-corrected chi connectivity index (χ4v) is 2.42. The van der Waals surface area contributed by atoms with Crippen LogP contribution in [0.3, 0.4) is 0 Å². The normalized spacial score (nSPS) is 24.4. The fraction of sp³-hybridized carbons (Fsp3) is 1.00. The van der Waals surface area contributed by atoms with Gasteiger partial charge in [-0.1, -0.05) is 27.7 Å². The lowest BCUT2D eigenvalue weighted by atomic mass is 9.75. The monoisotopic (exact) mass is 213 g/mol. The molecule has 90 valence electrons. The molecule has 0 aromatic heterocycles. The van der Waals surface area contributed by atoms with Crippen LogP contribution in [0.25, 0.3) is 0 Å². The van der Waals surface area contributed by atoms with E-state index in [2.05, 4.69) is 33.0 Å². The summed E-state index contributed by atoms with van der Waals surface area (Å²) >= 11 is 0. The van der Waals surface area contributed by atoms with Crippen molar-refractivity contribution in [2.45, 2.75) is 53.0 Å². The molecule has 0 bridgehead atoms. The molecule has 1 fully saturated rings. The summed E-state index contributed by atoms with van der Waals surface area (Å²) in [5, 5.41) is 3.72. The minimum absolute atomic E-state index is 0.382. The van der Waals surface area contributed by atoms with Gasteiger partial charge >= 0.3 is 0 Å². The fourth-order valence-electron chi connectivity index (χ4n) is 2.42. The number of ether oxygens (including phenoxy) is 1. The Morgan fingerprint density at radius 1 is 1.40 bits per heavy atom. The lowest BCUT2D eigenvalue weighted by Crippen LogP contribution is -2.47. The van der Waals surface area contributed by atoms with Crippen LogP contribution in [0.1, 0.15) is 47.0 Å². The average Bonchev–Trinajstić information content (AvgIpc) is 2.71. The standard InChI is InChI=1S/C13H27NO/c1-5-8-14-12(13(3,4)6-2)11-7-9-15-10-11/h11-12,14H,5-10H2,1-4H3. The molecule has 1 heterocycles. The first-order valence-electron chi connectivity index (χ1n) is 6.43. The van der Waals surface area contributed by atoms with Gasteiger partial charge in [0.2, 0.25) is 0 Å². The zero-order valence-corrected chi connectivity index (χ0v) is 10.8. The number of hydrogen-bond acceptors (Lipinski definition) is 2. The second-order valence-electron chi connectivity index (χ2n) is 5.40. The maximum absolute atomic E-state index is 5.52. The first kappa shape index (κ1) is 13.0. The van der Waals surface area contributed by atoms with Crippen LogP contribution in [0, 0.1) is 11.3 Å². The van der Waals surface area contributed by atoms with Crippen molar-refractivity contribution < 1.29 is 4.74 Å². The molecule has 1 aliphatic rings. The molecule has 0 radical (unpaired) electrons. The summed E-state index contributed by atoms with van der Waals surface area (Å²) < 4.78 is 5.52. The molecule has 15 heavy (non-hydrogen) atoms. The van der Waals surface area contributed by atoms with Crippen LogP contribution in [0.5, 0.6) is 0 Å². The third kappa shape index (κ3) is 3.46. The second kappa shape index (κ2) is 5.86. The smallest absolute Gasteiger partial charge is 0.0510 e. The van der Waals surface area contributed by atoms with Gasteiger partial charge in [-0.25, -0.2) is 0 Å². The van der Waals surface area contributed by atoms with Gasteiger partial charge in [-0.3, -0.25) is 0 Å². The Morgan fingerprint density at radius 3 is 2.60 bits per heavy atom. The maximum Gasteiger partial charge on any atom is 0.0510 e. The summed E-state index contributed by atoms with van der Waals surface area (Å²) in [6, 6.07) is 0.616. The lowest BCUT2D eigenvalue weighted by molar-refractivity contribution is 0.133. The number of nitrogens with one attached hydrogen (secondary N) is 1. The Hall–Kier alpha value is -0.0800. The summed E-state index contributed by atoms with van der Waals surface area (Å²) in [4.78, 5) is 0. The van der Waals surface area contributed by atoms with Crippen molar-refractivity contribution >= 4 is 0 Å². The highest BCUT2D eigenvalue weighted by atomic mass is 16.5. The van der Waals surface area contributed by atoms with Crippen molar-refractivity contribution in [2.24, 2.45) is 11.3 Å². The summed E-state index contributed by atoms with van der Waals surface area (Å²) in [7, 11) is 0. The largest absolute Gasteiger partial charge is 0.381 e. The molecule has 2 nitrogen and oxygen atoms in total. The molecule has 0 saturated carbocycles. The van der Waals surface area contributed by atoms with Gasteiger partial charge < -0.3 is 10.1 Å². The topological polar surface area (TPSA) is 21.3 Å². The van der Waals surface area contributed by atoms with Crippen molar-refractivity contribution in [3.63, 3.8) is 0 Å². The highest BCUT2D eigenvalue weighted by Gasteiger charge is 2.35. The van der Waals surface area contributed by atoms with Gasteiger partial charge in [0.25, 0.3) is 0 Å². The van der Waals surface area contributed by atoms with Crippen molar-refractivity contribution in [2.75, 3.05) is 19.8 Å². The van der Waals surface area contributed by atoms with Crippen molar-refractivity contribution in [1.82, 2.24) is 5.32 Å². The van der Waals surface area contributed by atoms with Gasteiger partial charge in [0, 0.05) is 18.6 Å². The van der Waals surface area contributed by atoms with Gasteiger partial charge in [-0.15, -0.1) is 0 Å². The quantitative estimate of drug-likeness (QED) is 0.732. The molecule has 0 aromatic carbocycles. The molecule has 0 aliphatic carbocycles. The van der Waals surface area contributed by atoms with Gasteiger partial charge in [0.1, 0.15) is 0 Å². The Kier molecular flexibility index (Phi) is 5.07. The molecule has 0 amide bonds.